The van der Waals surface area contributed by atoms with E-state index in [1.165, 1.54) is 39.1 Å². The first-order valence-electron chi connectivity index (χ1n) is 12.9. The van der Waals surface area contributed by atoms with Crippen LogP contribution in [0.1, 0.15) is 40.7 Å². The van der Waals surface area contributed by atoms with Crippen molar-refractivity contribution in [3.05, 3.63) is 58.1 Å². The van der Waals surface area contributed by atoms with E-state index in [0.29, 0.717) is 12.6 Å². The highest BCUT2D eigenvalue weighted by Crippen LogP contribution is 2.40. The average molecular weight is 536 g/mol. The van der Waals surface area contributed by atoms with E-state index >= 15 is 0 Å². The van der Waals surface area contributed by atoms with Crippen LogP contribution >= 0.6 is 0 Å². The molecule has 2 aliphatic carbocycles. The SMILES string of the molecule is C[Si](C)(C)CCOCn1nc(S(=O)(=O)c2ccccc2C#N)nc1Nc1c2c(cc3c1CCC3)CCC2. The van der Waals surface area contributed by atoms with Crippen LogP contribution in [-0.4, -0.2) is 37.9 Å². The van der Waals surface area contributed by atoms with E-state index in [-0.39, 0.29) is 22.3 Å². The number of aromatic nitrogens is 3. The Labute approximate surface area is 219 Å². The van der Waals surface area contributed by atoms with Crippen molar-refractivity contribution in [2.24, 2.45) is 0 Å². The molecule has 0 saturated carbocycles. The molecule has 0 atom stereocenters. The van der Waals surface area contributed by atoms with E-state index in [9.17, 15) is 13.7 Å². The van der Waals surface area contributed by atoms with E-state index in [1.807, 2.05) is 6.07 Å². The molecule has 0 amide bonds. The van der Waals surface area contributed by atoms with E-state index in [1.54, 1.807) is 12.1 Å². The Morgan fingerprint density at radius 2 is 1.76 bits per heavy atom. The van der Waals surface area contributed by atoms with Crippen LogP contribution in [0.2, 0.25) is 25.7 Å². The third kappa shape index (κ3) is 5.21. The van der Waals surface area contributed by atoms with E-state index < -0.39 is 17.9 Å². The molecule has 10 heteroatoms. The maximum Gasteiger partial charge on any atom is 0.273 e. The molecule has 0 bridgehead atoms. The summed E-state index contributed by atoms with van der Waals surface area (Å²) in [7, 11) is -5.39. The minimum absolute atomic E-state index is 0.0680. The molecule has 2 aromatic carbocycles. The molecule has 0 radical (unpaired) electrons. The summed E-state index contributed by atoms with van der Waals surface area (Å²) in [6, 6.07) is 11.5. The minimum atomic E-state index is -4.11. The fraction of sp³-hybridized carbons (Fsp3) is 0.444. The molecular formula is C27H33N5O3SSi. The van der Waals surface area contributed by atoms with Gasteiger partial charge in [-0.1, -0.05) is 37.8 Å². The summed E-state index contributed by atoms with van der Waals surface area (Å²) < 4.78 is 34.5. The highest BCUT2D eigenvalue weighted by Gasteiger charge is 2.30. The Hall–Kier alpha value is -3.00. The van der Waals surface area contributed by atoms with Gasteiger partial charge in [0.15, 0.2) is 0 Å². The smallest absolute Gasteiger partial charge is 0.273 e. The van der Waals surface area contributed by atoms with Crippen molar-refractivity contribution >= 4 is 29.5 Å². The Balaban J connectivity index is 1.53. The first kappa shape index (κ1) is 25.6. The van der Waals surface area contributed by atoms with Gasteiger partial charge in [0.2, 0.25) is 15.8 Å². The number of nitrogens with zero attached hydrogens (tertiary/aromatic N) is 4. The number of hydrogen-bond donors (Lipinski definition) is 1. The lowest BCUT2D eigenvalue weighted by molar-refractivity contribution is 0.0792. The summed E-state index contributed by atoms with van der Waals surface area (Å²) in [6.45, 7) is 7.52. The lowest BCUT2D eigenvalue weighted by Gasteiger charge is -2.18. The second-order valence-electron chi connectivity index (χ2n) is 11.0. The largest absolute Gasteiger partial charge is 0.359 e. The maximum absolute atomic E-state index is 13.5. The number of sulfone groups is 1. The quantitative estimate of drug-likeness (QED) is 0.303. The van der Waals surface area contributed by atoms with Crippen molar-refractivity contribution in [2.45, 2.75) is 81.0 Å². The van der Waals surface area contributed by atoms with Gasteiger partial charge < -0.3 is 10.1 Å². The molecule has 1 aromatic heterocycles. The Morgan fingerprint density at radius 1 is 1.08 bits per heavy atom. The molecule has 0 saturated heterocycles. The Bertz CT molecular complexity index is 1450. The van der Waals surface area contributed by atoms with Crippen molar-refractivity contribution in [1.29, 1.82) is 5.26 Å². The molecule has 3 aromatic rings. The number of nitriles is 1. The van der Waals surface area contributed by atoms with Gasteiger partial charge in [0.1, 0.15) is 12.8 Å². The molecule has 0 spiro atoms. The fourth-order valence-corrected chi connectivity index (χ4v) is 7.14. The second-order valence-corrected chi connectivity index (χ2v) is 18.5. The van der Waals surface area contributed by atoms with Gasteiger partial charge in [-0.05, 0) is 79.0 Å². The molecular weight excluding hydrogens is 502 g/mol. The summed E-state index contributed by atoms with van der Waals surface area (Å²) in [5, 5.41) is 17.0. The number of anilines is 2. The van der Waals surface area contributed by atoms with Crippen LogP contribution in [0.4, 0.5) is 11.6 Å². The van der Waals surface area contributed by atoms with E-state index in [2.05, 4.69) is 41.1 Å². The van der Waals surface area contributed by atoms with Gasteiger partial charge >= 0.3 is 0 Å². The van der Waals surface area contributed by atoms with Crippen molar-refractivity contribution in [3.8, 4) is 6.07 Å². The van der Waals surface area contributed by atoms with Crippen LogP contribution in [0.5, 0.6) is 0 Å². The predicted octanol–water partition coefficient (Wildman–Crippen LogP) is 5.02. The number of fused-ring (bicyclic) bond motifs is 2. The number of ether oxygens (including phenoxy) is 1. The minimum Gasteiger partial charge on any atom is -0.359 e. The van der Waals surface area contributed by atoms with Crippen LogP contribution in [0.15, 0.2) is 40.4 Å². The maximum atomic E-state index is 13.5. The molecule has 2 aliphatic rings. The third-order valence-electron chi connectivity index (χ3n) is 7.11. The van der Waals surface area contributed by atoms with Gasteiger partial charge in [-0.15, -0.1) is 5.10 Å². The van der Waals surface area contributed by atoms with Gasteiger partial charge in [-0.2, -0.15) is 10.2 Å². The zero-order valence-electron chi connectivity index (χ0n) is 21.7. The highest BCUT2D eigenvalue weighted by atomic mass is 32.2. The third-order valence-corrected chi connectivity index (χ3v) is 10.4. The lowest BCUT2D eigenvalue weighted by Crippen LogP contribution is -2.22. The molecule has 37 heavy (non-hydrogen) atoms. The first-order valence-corrected chi connectivity index (χ1v) is 18.1. The van der Waals surface area contributed by atoms with Gasteiger partial charge in [-0.25, -0.2) is 13.1 Å². The number of benzene rings is 2. The number of rotatable bonds is 9. The molecule has 0 unspecified atom stereocenters. The Morgan fingerprint density at radius 3 is 2.41 bits per heavy atom. The van der Waals surface area contributed by atoms with Crippen LogP contribution < -0.4 is 5.32 Å². The van der Waals surface area contributed by atoms with Crippen LogP contribution in [-0.2, 0) is 47.0 Å². The van der Waals surface area contributed by atoms with E-state index in [0.717, 1.165) is 50.3 Å². The van der Waals surface area contributed by atoms with Gasteiger partial charge in [0.05, 0.1) is 10.5 Å². The zero-order chi connectivity index (χ0) is 26.2. The summed E-state index contributed by atoms with van der Waals surface area (Å²) in [6.07, 6.45) is 6.34. The molecule has 5 rings (SSSR count). The number of hydrogen-bond acceptors (Lipinski definition) is 7. The van der Waals surface area contributed by atoms with Gasteiger partial charge in [0, 0.05) is 20.4 Å². The normalized spacial score (nSPS) is 14.9. The van der Waals surface area contributed by atoms with Crippen molar-refractivity contribution in [2.75, 3.05) is 11.9 Å². The molecule has 8 nitrogen and oxygen atoms in total. The van der Waals surface area contributed by atoms with Crippen molar-refractivity contribution in [1.82, 2.24) is 14.8 Å². The summed E-state index contributed by atoms with van der Waals surface area (Å²) in [5.41, 5.74) is 6.47. The van der Waals surface area contributed by atoms with Gasteiger partial charge in [-0.3, -0.25) is 0 Å². The molecule has 0 fully saturated rings. The van der Waals surface area contributed by atoms with Crippen molar-refractivity contribution in [3.63, 3.8) is 0 Å². The predicted molar refractivity (Wildman–Crippen MR) is 145 cm³/mol. The van der Waals surface area contributed by atoms with E-state index in [4.69, 9.17) is 4.74 Å². The van der Waals surface area contributed by atoms with Crippen molar-refractivity contribution < 1.29 is 13.2 Å². The van der Waals surface area contributed by atoms with Crippen LogP contribution in [0, 0.1) is 11.3 Å². The average Bonchev–Trinajstić information content (AvgIpc) is 3.61. The standard InChI is InChI=1S/C27H33N5O3SSi/c1-37(2,3)15-14-35-18-32-26(29-25-22-11-6-9-19(22)16-20-10-7-12-23(20)25)30-27(31-32)36(33,34)24-13-5-4-8-21(24)17-28/h4-5,8,13,16H,6-7,9-12,14-15,18H2,1-3H3,(H,29,30,31). The fourth-order valence-electron chi connectivity index (χ4n) is 5.12. The molecule has 0 aliphatic heterocycles. The highest BCUT2D eigenvalue weighted by molar-refractivity contribution is 7.91. The molecule has 1 heterocycles. The van der Waals surface area contributed by atoms with Gasteiger partial charge in [0.25, 0.3) is 5.16 Å². The monoisotopic (exact) mass is 535 g/mol. The topological polar surface area (TPSA) is 110 Å². The second kappa shape index (κ2) is 10.0. The zero-order valence-corrected chi connectivity index (χ0v) is 23.5. The van der Waals surface area contributed by atoms with Crippen LogP contribution in [0.25, 0.3) is 0 Å². The summed E-state index contributed by atoms with van der Waals surface area (Å²) in [4.78, 5) is 4.38. The number of nitrogens with one attached hydrogen (secondary N) is 1. The summed E-state index contributed by atoms with van der Waals surface area (Å²) >= 11 is 0. The lowest BCUT2D eigenvalue weighted by atomic mass is 9.99. The van der Waals surface area contributed by atoms with Crippen LogP contribution in [0.3, 0.4) is 0 Å². The molecule has 1 N–H and O–H groups in total. The summed E-state index contributed by atoms with van der Waals surface area (Å²) in [5.74, 6) is 0.343. The first-order chi connectivity index (χ1) is 17.7. The number of aryl methyl sites for hydroxylation is 2. The molecule has 194 valence electrons. The Kier molecular flexibility index (Phi) is 6.96.